The summed E-state index contributed by atoms with van der Waals surface area (Å²) in [5.74, 6) is 0.0999. The lowest BCUT2D eigenvalue weighted by Gasteiger charge is -2.15. The lowest BCUT2D eigenvalue weighted by Crippen LogP contribution is -2.09. The lowest BCUT2D eigenvalue weighted by atomic mass is 10.1. The van der Waals surface area contributed by atoms with E-state index < -0.39 is 11.7 Å². The molecule has 9 heteroatoms. The van der Waals surface area contributed by atoms with Crippen molar-refractivity contribution < 1.29 is 23.0 Å². The largest absolute Gasteiger partial charge is 0.438 e. The number of fused-ring (bicyclic) bond motifs is 1. The smallest absolute Gasteiger partial charge is 0.422 e. The molecular formula is C18H17F3N4O2. The highest BCUT2D eigenvalue weighted by atomic mass is 19.4. The fourth-order valence-electron chi connectivity index (χ4n) is 2.99. The standard InChI is InChI=1S/C18H17F3N4O2/c19-18(20,21)15-14(27-17-12(7-9-26)2-1-8-22-17)6-5-13-16(15)23-24-25(13)10-11-3-4-11/h1-2,5-6,8,11,26H,3-4,7,9-10H2. The summed E-state index contributed by atoms with van der Waals surface area (Å²) in [5, 5.41) is 16.8. The topological polar surface area (TPSA) is 73.1 Å². The Morgan fingerprint density at radius 3 is 2.74 bits per heavy atom. The fraction of sp³-hybridized carbons (Fsp3) is 0.389. The summed E-state index contributed by atoms with van der Waals surface area (Å²) >= 11 is 0. The second-order valence-corrected chi connectivity index (χ2v) is 6.56. The molecule has 0 bridgehead atoms. The van der Waals surface area contributed by atoms with Crippen molar-refractivity contribution in [2.75, 3.05) is 6.61 Å². The van der Waals surface area contributed by atoms with E-state index in [0.29, 0.717) is 23.5 Å². The molecule has 0 saturated heterocycles. The molecule has 0 aliphatic heterocycles. The van der Waals surface area contributed by atoms with Crippen LogP contribution in [0.3, 0.4) is 0 Å². The summed E-state index contributed by atoms with van der Waals surface area (Å²) in [5.41, 5.74) is -0.355. The second kappa shape index (κ2) is 6.80. The molecule has 4 rings (SSSR count). The molecule has 1 aliphatic carbocycles. The van der Waals surface area contributed by atoms with Gasteiger partial charge >= 0.3 is 6.18 Å². The van der Waals surface area contributed by atoms with Crippen LogP contribution >= 0.6 is 0 Å². The molecule has 3 aromatic rings. The van der Waals surface area contributed by atoms with Crippen molar-refractivity contribution in [2.45, 2.75) is 32.0 Å². The summed E-state index contributed by atoms with van der Waals surface area (Å²) in [6, 6.07) is 6.09. The van der Waals surface area contributed by atoms with Gasteiger partial charge in [0.15, 0.2) is 0 Å². The van der Waals surface area contributed by atoms with Gasteiger partial charge in [0, 0.05) is 31.3 Å². The highest BCUT2D eigenvalue weighted by molar-refractivity contribution is 5.81. The Kier molecular flexibility index (Phi) is 4.47. The van der Waals surface area contributed by atoms with Crippen molar-refractivity contribution in [1.82, 2.24) is 20.0 Å². The van der Waals surface area contributed by atoms with Crippen molar-refractivity contribution in [3.8, 4) is 11.6 Å². The van der Waals surface area contributed by atoms with Crippen LogP contribution in [0.25, 0.3) is 11.0 Å². The van der Waals surface area contributed by atoms with Gasteiger partial charge in [-0.2, -0.15) is 13.2 Å². The van der Waals surface area contributed by atoms with Crippen LogP contribution in [-0.4, -0.2) is 31.7 Å². The number of rotatable bonds is 6. The Morgan fingerprint density at radius 1 is 1.22 bits per heavy atom. The number of aromatic nitrogens is 4. The number of hydrogen-bond acceptors (Lipinski definition) is 5. The van der Waals surface area contributed by atoms with Gasteiger partial charge in [-0.15, -0.1) is 5.10 Å². The van der Waals surface area contributed by atoms with Gasteiger partial charge in [0.2, 0.25) is 5.88 Å². The maximum Gasteiger partial charge on any atom is 0.422 e. The number of ether oxygens (including phenoxy) is 1. The van der Waals surface area contributed by atoms with Gasteiger partial charge in [0.1, 0.15) is 16.8 Å². The van der Waals surface area contributed by atoms with E-state index in [-0.39, 0.29) is 30.2 Å². The van der Waals surface area contributed by atoms with E-state index in [9.17, 15) is 13.2 Å². The number of benzene rings is 1. The molecule has 1 aromatic carbocycles. The summed E-state index contributed by atoms with van der Waals surface area (Å²) in [6.45, 7) is 0.400. The SMILES string of the molecule is OCCc1cccnc1Oc1ccc2c(nnn2CC2CC2)c1C(F)(F)F. The summed E-state index contributed by atoms with van der Waals surface area (Å²) < 4.78 is 48.4. The molecule has 0 amide bonds. The van der Waals surface area contributed by atoms with E-state index in [1.807, 2.05) is 0 Å². The van der Waals surface area contributed by atoms with E-state index in [2.05, 4.69) is 15.3 Å². The molecule has 1 aliphatic rings. The number of pyridine rings is 1. The third-order valence-electron chi connectivity index (χ3n) is 4.50. The van der Waals surface area contributed by atoms with Crippen molar-refractivity contribution in [3.63, 3.8) is 0 Å². The van der Waals surface area contributed by atoms with Crippen molar-refractivity contribution in [3.05, 3.63) is 41.6 Å². The van der Waals surface area contributed by atoms with Gasteiger partial charge < -0.3 is 9.84 Å². The van der Waals surface area contributed by atoms with Crippen molar-refractivity contribution >= 4 is 11.0 Å². The van der Waals surface area contributed by atoms with E-state index in [0.717, 1.165) is 12.8 Å². The minimum atomic E-state index is -4.67. The number of alkyl halides is 3. The molecule has 1 N–H and O–H groups in total. The number of aliphatic hydroxyl groups is 1. The van der Waals surface area contributed by atoms with Crippen LogP contribution in [0.1, 0.15) is 24.0 Å². The first-order chi connectivity index (χ1) is 13.0. The second-order valence-electron chi connectivity index (χ2n) is 6.56. The zero-order valence-electron chi connectivity index (χ0n) is 14.3. The average molecular weight is 378 g/mol. The fourth-order valence-corrected chi connectivity index (χ4v) is 2.99. The minimum absolute atomic E-state index is 0.0294. The summed E-state index contributed by atoms with van der Waals surface area (Å²) in [6.07, 6.45) is -0.899. The maximum absolute atomic E-state index is 13.8. The van der Waals surface area contributed by atoms with Gasteiger partial charge in [-0.1, -0.05) is 11.3 Å². The first kappa shape index (κ1) is 17.7. The molecular weight excluding hydrogens is 361 g/mol. The number of aliphatic hydroxyl groups excluding tert-OH is 1. The van der Waals surface area contributed by atoms with Gasteiger partial charge in [0.05, 0.1) is 5.52 Å². The molecule has 6 nitrogen and oxygen atoms in total. The lowest BCUT2D eigenvalue weighted by molar-refractivity contribution is -0.137. The van der Waals surface area contributed by atoms with Crippen LogP contribution in [0, 0.1) is 5.92 Å². The van der Waals surface area contributed by atoms with Crippen LogP contribution in [0.5, 0.6) is 11.6 Å². The quantitative estimate of drug-likeness (QED) is 0.710. The molecule has 142 valence electrons. The first-order valence-corrected chi connectivity index (χ1v) is 8.63. The van der Waals surface area contributed by atoms with Gasteiger partial charge in [-0.3, -0.25) is 0 Å². The summed E-state index contributed by atoms with van der Waals surface area (Å²) in [4.78, 5) is 4.01. The molecule has 0 spiro atoms. The Hall–Kier alpha value is -2.68. The molecule has 27 heavy (non-hydrogen) atoms. The Bertz CT molecular complexity index is 967. The third kappa shape index (κ3) is 3.59. The summed E-state index contributed by atoms with van der Waals surface area (Å²) in [7, 11) is 0. The molecule has 0 atom stereocenters. The average Bonchev–Trinajstić information content (AvgIpc) is 3.35. The molecule has 1 saturated carbocycles. The molecule has 0 unspecified atom stereocenters. The van der Waals surface area contributed by atoms with Gasteiger partial charge in [-0.05, 0) is 37.0 Å². The minimum Gasteiger partial charge on any atom is -0.438 e. The van der Waals surface area contributed by atoms with Gasteiger partial charge in [-0.25, -0.2) is 9.67 Å². The van der Waals surface area contributed by atoms with Gasteiger partial charge in [0.25, 0.3) is 0 Å². The molecule has 2 aromatic heterocycles. The normalized spacial score (nSPS) is 14.7. The van der Waals surface area contributed by atoms with Crippen LogP contribution in [0.4, 0.5) is 13.2 Å². The number of halogens is 3. The van der Waals surface area contributed by atoms with Crippen LogP contribution in [0.15, 0.2) is 30.5 Å². The predicted octanol–water partition coefficient (Wildman–Crippen LogP) is 3.58. The molecule has 2 heterocycles. The maximum atomic E-state index is 13.8. The zero-order chi connectivity index (χ0) is 19.0. The Labute approximate surface area is 152 Å². The van der Waals surface area contributed by atoms with Crippen molar-refractivity contribution in [1.29, 1.82) is 0 Å². The van der Waals surface area contributed by atoms with E-state index >= 15 is 0 Å². The van der Waals surface area contributed by atoms with E-state index in [4.69, 9.17) is 9.84 Å². The monoisotopic (exact) mass is 378 g/mol. The zero-order valence-corrected chi connectivity index (χ0v) is 14.3. The van der Waals surface area contributed by atoms with Crippen LogP contribution < -0.4 is 4.74 Å². The predicted molar refractivity (Wildman–Crippen MR) is 90.4 cm³/mol. The van der Waals surface area contributed by atoms with Crippen molar-refractivity contribution in [2.24, 2.45) is 5.92 Å². The third-order valence-corrected chi connectivity index (χ3v) is 4.50. The highest BCUT2D eigenvalue weighted by Crippen LogP contribution is 2.42. The Morgan fingerprint density at radius 2 is 2.04 bits per heavy atom. The number of nitrogens with zero attached hydrogens (tertiary/aromatic N) is 4. The van der Waals surface area contributed by atoms with E-state index in [1.54, 1.807) is 12.1 Å². The Balaban J connectivity index is 1.78. The molecule has 0 radical (unpaired) electrons. The highest BCUT2D eigenvalue weighted by Gasteiger charge is 2.39. The first-order valence-electron chi connectivity index (χ1n) is 8.63. The van der Waals surface area contributed by atoms with E-state index in [1.165, 1.54) is 23.0 Å². The molecule has 1 fully saturated rings. The number of hydrogen-bond donors (Lipinski definition) is 1. The van der Waals surface area contributed by atoms with Crippen LogP contribution in [0.2, 0.25) is 0 Å². The van der Waals surface area contributed by atoms with Crippen LogP contribution in [-0.2, 0) is 19.1 Å².